The Hall–Kier alpha value is -1.46. The van der Waals surface area contributed by atoms with Crippen LogP contribution in [0, 0.1) is 5.82 Å². The van der Waals surface area contributed by atoms with Crippen LogP contribution in [0.4, 0.5) is 4.39 Å². The Morgan fingerprint density at radius 3 is 2.89 bits per heavy atom. The summed E-state index contributed by atoms with van der Waals surface area (Å²) in [5.74, 6) is 0.155. The van der Waals surface area contributed by atoms with Crippen LogP contribution in [-0.2, 0) is 19.6 Å². The van der Waals surface area contributed by atoms with Gasteiger partial charge in [-0.05, 0) is 24.1 Å². The highest BCUT2D eigenvalue weighted by Gasteiger charge is 2.04. The molecule has 3 nitrogen and oxygen atoms in total. The lowest BCUT2D eigenvalue weighted by Gasteiger charge is -2.06. The van der Waals surface area contributed by atoms with E-state index in [4.69, 9.17) is 10.5 Å². The summed E-state index contributed by atoms with van der Waals surface area (Å²) < 4.78 is 18.8. The molecule has 0 aliphatic carbocycles. The molecular formula is C13H15FN2OS. The van der Waals surface area contributed by atoms with Crippen molar-refractivity contribution >= 4 is 11.3 Å². The molecule has 0 unspecified atom stereocenters. The summed E-state index contributed by atoms with van der Waals surface area (Å²) in [4.78, 5) is 4.38. The predicted molar refractivity (Wildman–Crippen MR) is 70.1 cm³/mol. The summed E-state index contributed by atoms with van der Waals surface area (Å²) >= 11 is 1.61. The van der Waals surface area contributed by atoms with E-state index in [0.717, 1.165) is 22.7 Å². The summed E-state index contributed by atoms with van der Waals surface area (Å²) in [6.07, 6.45) is 0.919. The second kappa shape index (κ2) is 5.93. The molecule has 0 amide bonds. The monoisotopic (exact) mass is 266 g/mol. The summed E-state index contributed by atoms with van der Waals surface area (Å²) in [7, 11) is 0. The summed E-state index contributed by atoms with van der Waals surface area (Å²) in [6, 6.07) is 4.51. The van der Waals surface area contributed by atoms with E-state index in [2.05, 4.69) is 11.9 Å². The van der Waals surface area contributed by atoms with Crippen LogP contribution >= 0.6 is 11.3 Å². The van der Waals surface area contributed by atoms with Gasteiger partial charge in [0, 0.05) is 18.0 Å². The number of nitrogens with two attached hydrogens (primary N) is 1. The normalized spacial score (nSPS) is 10.6. The number of halogens is 1. The number of aryl methyl sites for hydroxylation is 1. The predicted octanol–water partition coefficient (Wildman–Crippen LogP) is 2.88. The van der Waals surface area contributed by atoms with E-state index in [9.17, 15) is 4.39 Å². The van der Waals surface area contributed by atoms with Gasteiger partial charge in [-0.3, -0.25) is 0 Å². The van der Waals surface area contributed by atoms with E-state index in [1.807, 2.05) is 5.38 Å². The van der Waals surface area contributed by atoms with Crippen molar-refractivity contribution in [3.05, 3.63) is 45.7 Å². The Balaban J connectivity index is 2.03. The lowest BCUT2D eigenvalue weighted by Crippen LogP contribution is -2.00. The van der Waals surface area contributed by atoms with Crippen molar-refractivity contribution in [1.82, 2.24) is 4.98 Å². The van der Waals surface area contributed by atoms with Gasteiger partial charge in [-0.2, -0.15) is 0 Å². The number of benzene rings is 1. The van der Waals surface area contributed by atoms with Gasteiger partial charge in [0.25, 0.3) is 0 Å². The van der Waals surface area contributed by atoms with Gasteiger partial charge < -0.3 is 10.5 Å². The topological polar surface area (TPSA) is 48.1 Å². The summed E-state index contributed by atoms with van der Waals surface area (Å²) in [5, 5.41) is 3.04. The van der Waals surface area contributed by atoms with Crippen LogP contribution in [0.3, 0.4) is 0 Å². The minimum atomic E-state index is -0.333. The third-order valence-electron chi connectivity index (χ3n) is 2.46. The molecule has 0 saturated heterocycles. The van der Waals surface area contributed by atoms with Crippen LogP contribution in [0.2, 0.25) is 0 Å². The van der Waals surface area contributed by atoms with E-state index in [1.165, 1.54) is 12.1 Å². The van der Waals surface area contributed by atoms with Crippen molar-refractivity contribution in [2.24, 2.45) is 5.73 Å². The highest BCUT2D eigenvalue weighted by Crippen LogP contribution is 2.18. The minimum absolute atomic E-state index is 0.296. The molecule has 5 heteroatoms. The molecular weight excluding hydrogens is 251 g/mol. The number of nitrogens with zero attached hydrogens (tertiary/aromatic N) is 1. The maximum atomic E-state index is 13.3. The van der Waals surface area contributed by atoms with E-state index >= 15 is 0 Å². The van der Waals surface area contributed by atoms with Crippen LogP contribution in [-0.4, -0.2) is 4.98 Å². The lowest BCUT2D eigenvalue weighted by molar-refractivity contribution is 0.300. The van der Waals surface area contributed by atoms with Crippen molar-refractivity contribution < 1.29 is 9.13 Å². The first kappa shape index (κ1) is 13.0. The van der Waals surface area contributed by atoms with E-state index in [0.29, 0.717) is 18.9 Å². The fraction of sp³-hybridized carbons (Fsp3) is 0.308. The molecule has 1 aromatic heterocycles. The second-order valence-corrected chi connectivity index (χ2v) is 4.82. The van der Waals surface area contributed by atoms with E-state index in [1.54, 1.807) is 17.4 Å². The number of ether oxygens (including phenoxy) is 1. The molecule has 0 aliphatic rings. The molecule has 0 radical (unpaired) electrons. The third kappa shape index (κ3) is 3.27. The molecule has 0 bridgehead atoms. The Labute approximate surface area is 109 Å². The molecule has 96 valence electrons. The SMILES string of the molecule is CCc1nc(COc2cc(F)cc(CN)c2)cs1. The lowest BCUT2D eigenvalue weighted by atomic mass is 10.2. The van der Waals surface area contributed by atoms with Crippen LogP contribution in [0.15, 0.2) is 23.6 Å². The van der Waals surface area contributed by atoms with Gasteiger partial charge in [0.1, 0.15) is 18.2 Å². The standard InChI is InChI=1S/C13H15FN2OS/c1-2-13-16-11(8-18-13)7-17-12-4-9(6-15)3-10(14)5-12/h3-5,8H,2,6-7,15H2,1H3. The molecule has 2 aromatic rings. The summed E-state index contributed by atoms with van der Waals surface area (Å²) in [6.45, 7) is 2.71. The van der Waals surface area contributed by atoms with Gasteiger partial charge in [0.05, 0.1) is 10.7 Å². The van der Waals surface area contributed by atoms with Crippen LogP contribution in [0.25, 0.3) is 0 Å². The van der Waals surface area contributed by atoms with Gasteiger partial charge in [-0.15, -0.1) is 11.3 Å². The number of thiazole rings is 1. The van der Waals surface area contributed by atoms with Crippen molar-refractivity contribution in [2.45, 2.75) is 26.5 Å². The summed E-state index contributed by atoms with van der Waals surface area (Å²) in [5.41, 5.74) is 7.07. The van der Waals surface area contributed by atoms with Gasteiger partial charge in [-0.1, -0.05) is 6.92 Å². The Morgan fingerprint density at radius 1 is 1.39 bits per heavy atom. The van der Waals surface area contributed by atoms with Gasteiger partial charge >= 0.3 is 0 Å². The first-order valence-corrected chi connectivity index (χ1v) is 6.65. The van der Waals surface area contributed by atoms with Crippen molar-refractivity contribution in [2.75, 3.05) is 0 Å². The van der Waals surface area contributed by atoms with E-state index in [-0.39, 0.29) is 5.82 Å². The largest absolute Gasteiger partial charge is 0.487 e. The smallest absolute Gasteiger partial charge is 0.131 e. The minimum Gasteiger partial charge on any atom is -0.487 e. The average Bonchev–Trinajstić information content (AvgIpc) is 2.83. The Bertz CT molecular complexity index is 527. The molecule has 1 heterocycles. The van der Waals surface area contributed by atoms with Gasteiger partial charge in [0.2, 0.25) is 0 Å². The maximum absolute atomic E-state index is 13.3. The van der Waals surface area contributed by atoms with E-state index < -0.39 is 0 Å². The molecule has 0 aliphatic heterocycles. The number of aromatic nitrogens is 1. The van der Waals surface area contributed by atoms with Crippen LogP contribution in [0.1, 0.15) is 23.2 Å². The first-order chi connectivity index (χ1) is 8.71. The number of hydrogen-bond donors (Lipinski definition) is 1. The highest BCUT2D eigenvalue weighted by molar-refractivity contribution is 7.09. The van der Waals surface area contributed by atoms with Crippen molar-refractivity contribution in [3.8, 4) is 5.75 Å². The first-order valence-electron chi connectivity index (χ1n) is 5.77. The fourth-order valence-electron chi connectivity index (χ4n) is 1.56. The number of hydrogen-bond acceptors (Lipinski definition) is 4. The van der Waals surface area contributed by atoms with Crippen molar-refractivity contribution in [3.63, 3.8) is 0 Å². The van der Waals surface area contributed by atoms with Gasteiger partial charge in [-0.25, -0.2) is 9.37 Å². The average molecular weight is 266 g/mol. The molecule has 1 aromatic carbocycles. The highest BCUT2D eigenvalue weighted by atomic mass is 32.1. The zero-order valence-electron chi connectivity index (χ0n) is 10.1. The zero-order valence-corrected chi connectivity index (χ0v) is 11.0. The van der Waals surface area contributed by atoms with Gasteiger partial charge in [0.15, 0.2) is 0 Å². The maximum Gasteiger partial charge on any atom is 0.131 e. The molecule has 2 N–H and O–H groups in total. The second-order valence-electron chi connectivity index (χ2n) is 3.87. The van der Waals surface area contributed by atoms with Crippen LogP contribution < -0.4 is 10.5 Å². The fourth-order valence-corrected chi connectivity index (χ4v) is 2.29. The Kier molecular flexibility index (Phi) is 4.28. The molecule has 0 saturated carbocycles. The molecule has 18 heavy (non-hydrogen) atoms. The van der Waals surface area contributed by atoms with Crippen LogP contribution in [0.5, 0.6) is 5.75 Å². The molecule has 2 rings (SSSR count). The number of rotatable bonds is 5. The zero-order chi connectivity index (χ0) is 13.0. The molecule has 0 fully saturated rings. The molecule has 0 atom stereocenters. The molecule has 0 spiro atoms. The Morgan fingerprint density at radius 2 is 2.22 bits per heavy atom. The third-order valence-corrected chi connectivity index (χ3v) is 3.50. The van der Waals surface area contributed by atoms with Crippen molar-refractivity contribution in [1.29, 1.82) is 0 Å². The quantitative estimate of drug-likeness (QED) is 0.905.